The van der Waals surface area contributed by atoms with Gasteiger partial charge in [0.05, 0.1) is 6.54 Å². The van der Waals surface area contributed by atoms with E-state index in [2.05, 4.69) is 10.3 Å². The molecule has 23 heavy (non-hydrogen) atoms. The molecule has 118 valence electrons. The van der Waals surface area contributed by atoms with Gasteiger partial charge < -0.3 is 10.2 Å². The van der Waals surface area contributed by atoms with Gasteiger partial charge in [0.1, 0.15) is 5.82 Å². The van der Waals surface area contributed by atoms with E-state index in [-0.39, 0.29) is 24.2 Å². The first-order chi connectivity index (χ1) is 11.1. The Bertz CT molecular complexity index is 731. The zero-order valence-electron chi connectivity index (χ0n) is 12.5. The lowest BCUT2D eigenvalue weighted by Crippen LogP contribution is -2.49. The fourth-order valence-electron chi connectivity index (χ4n) is 2.51. The fourth-order valence-corrected chi connectivity index (χ4v) is 2.51. The molecule has 1 aliphatic heterocycles. The zero-order chi connectivity index (χ0) is 16.2. The second-order valence-corrected chi connectivity index (χ2v) is 5.42. The van der Waals surface area contributed by atoms with Gasteiger partial charge >= 0.3 is 0 Å². The third kappa shape index (κ3) is 3.71. The predicted molar refractivity (Wildman–Crippen MR) is 82.4 cm³/mol. The number of amides is 2. The summed E-state index contributed by atoms with van der Waals surface area (Å²) in [6.45, 7) is 1.05. The molecule has 1 aromatic heterocycles. The lowest BCUT2D eigenvalue weighted by Gasteiger charge is -2.26. The molecule has 2 aromatic rings. The first-order valence-electron chi connectivity index (χ1n) is 7.37. The number of hydrogen-bond donors (Lipinski definition) is 1. The van der Waals surface area contributed by atoms with Gasteiger partial charge in [-0.2, -0.15) is 0 Å². The molecule has 0 unspecified atom stereocenters. The number of hydrogen-bond acceptors (Lipinski definition) is 3. The van der Waals surface area contributed by atoms with Crippen LogP contribution in [0.3, 0.4) is 0 Å². The minimum absolute atomic E-state index is 0.0778. The summed E-state index contributed by atoms with van der Waals surface area (Å²) in [7, 11) is 0. The molecule has 0 aliphatic carbocycles. The Labute approximate surface area is 133 Å². The van der Waals surface area contributed by atoms with Gasteiger partial charge in [-0.3, -0.25) is 14.6 Å². The van der Waals surface area contributed by atoms with E-state index in [0.29, 0.717) is 25.1 Å². The highest BCUT2D eigenvalue weighted by Crippen LogP contribution is 2.12. The summed E-state index contributed by atoms with van der Waals surface area (Å²) in [5.74, 6) is -0.609. The van der Waals surface area contributed by atoms with Crippen LogP contribution in [0.25, 0.3) is 0 Å². The van der Waals surface area contributed by atoms with Crippen LogP contribution in [0.4, 0.5) is 4.39 Å². The molecule has 6 heteroatoms. The molecule has 2 amide bonds. The minimum Gasteiger partial charge on any atom is -0.353 e. The molecular formula is C17H16FN3O2. The average Bonchev–Trinajstić information content (AvgIpc) is 2.56. The van der Waals surface area contributed by atoms with E-state index in [0.717, 1.165) is 11.3 Å². The highest BCUT2D eigenvalue weighted by molar-refractivity contribution is 5.97. The standard InChI is InChI=1S/C17H16FN3O2/c18-14-3-1-12(2-4-14)9-15-10-13(5-6-19-15)17(23)21-8-7-20-16(22)11-21/h1-6,10H,7-9,11H2,(H,20,22). The number of carbonyl (C=O) groups excluding carboxylic acids is 2. The molecule has 1 saturated heterocycles. The molecule has 0 bridgehead atoms. The molecule has 1 aromatic carbocycles. The van der Waals surface area contributed by atoms with Gasteiger partial charge in [0.2, 0.25) is 5.91 Å². The Morgan fingerprint density at radius 1 is 1.26 bits per heavy atom. The normalized spacial score (nSPS) is 14.5. The molecular weight excluding hydrogens is 297 g/mol. The molecule has 1 aliphatic rings. The number of piperazine rings is 1. The van der Waals surface area contributed by atoms with Gasteiger partial charge in [0, 0.05) is 37.0 Å². The topological polar surface area (TPSA) is 62.3 Å². The van der Waals surface area contributed by atoms with Crippen LogP contribution in [-0.4, -0.2) is 41.3 Å². The molecule has 2 heterocycles. The summed E-state index contributed by atoms with van der Waals surface area (Å²) in [5, 5.41) is 2.69. The third-order valence-electron chi connectivity index (χ3n) is 3.69. The fraction of sp³-hybridized carbons (Fsp3) is 0.235. The number of pyridine rings is 1. The SMILES string of the molecule is O=C1CN(C(=O)c2ccnc(Cc3ccc(F)cc3)c2)CCN1. The summed E-state index contributed by atoms with van der Waals surface area (Å²) < 4.78 is 12.9. The quantitative estimate of drug-likeness (QED) is 0.931. The van der Waals surface area contributed by atoms with Crippen molar-refractivity contribution in [1.82, 2.24) is 15.2 Å². The maximum absolute atomic E-state index is 12.9. The molecule has 1 N–H and O–H groups in total. The summed E-state index contributed by atoms with van der Waals surface area (Å²) in [4.78, 5) is 29.6. The number of nitrogens with one attached hydrogen (secondary N) is 1. The predicted octanol–water partition coefficient (Wildman–Crippen LogP) is 1.38. The Kier molecular flexibility index (Phi) is 4.32. The third-order valence-corrected chi connectivity index (χ3v) is 3.69. The summed E-state index contributed by atoms with van der Waals surface area (Å²) in [5.41, 5.74) is 2.15. The van der Waals surface area contributed by atoms with Gasteiger partial charge in [0.15, 0.2) is 0 Å². The van der Waals surface area contributed by atoms with Crippen molar-refractivity contribution in [1.29, 1.82) is 0 Å². The summed E-state index contributed by atoms with van der Waals surface area (Å²) in [6.07, 6.45) is 2.10. The monoisotopic (exact) mass is 313 g/mol. The minimum atomic E-state index is -0.283. The van der Waals surface area contributed by atoms with Crippen molar-refractivity contribution in [3.8, 4) is 0 Å². The molecule has 5 nitrogen and oxygen atoms in total. The number of nitrogens with zero attached hydrogens (tertiary/aromatic N) is 2. The van der Waals surface area contributed by atoms with Crippen LogP contribution in [0, 0.1) is 5.82 Å². The van der Waals surface area contributed by atoms with Crippen molar-refractivity contribution >= 4 is 11.8 Å². The Morgan fingerprint density at radius 3 is 2.78 bits per heavy atom. The van der Waals surface area contributed by atoms with Crippen molar-refractivity contribution in [2.24, 2.45) is 0 Å². The number of carbonyl (C=O) groups is 2. The second-order valence-electron chi connectivity index (χ2n) is 5.42. The van der Waals surface area contributed by atoms with E-state index < -0.39 is 0 Å². The molecule has 0 radical (unpaired) electrons. The molecule has 0 atom stereocenters. The molecule has 0 spiro atoms. The number of benzene rings is 1. The highest BCUT2D eigenvalue weighted by atomic mass is 19.1. The van der Waals surface area contributed by atoms with Gasteiger partial charge in [0.25, 0.3) is 5.91 Å². The maximum atomic E-state index is 12.9. The first kappa shape index (κ1) is 15.1. The van der Waals surface area contributed by atoms with Crippen LogP contribution >= 0.6 is 0 Å². The molecule has 1 fully saturated rings. The van der Waals surface area contributed by atoms with Crippen LogP contribution in [0.2, 0.25) is 0 Å². The van der Waals surface area contributed by atoms with Crippen LogP contribution < -0.4 is 5.32 Å². The van der Waals surface area contributed by atoms with Crippen molar-refractivity contribution in [3.05, 3.63) is 65.2 Å². The van der Waals surface area contributed by atoms with E-state index in [1.807, 2.05) is 0 Å². The van der Waals surface area contributed by atoms with Gasteiger partial charge in [-0.05, 0) is 29.8 Å². The second kappa shape index (κ2) is 6.56. The smallest absolute Gasteiger partial charge is 0.254 e. The highest BCUT2D eigenvalue weighted by Gasteiger charge is 2.22. The van der Waals surface area contributed by atoms with E-state index in [9.17, 15) is 14.0 Å². The van der Waals surface area contributed by atoms with Crippen molar-refractivity contribution in [2.45, 2.75) is 6.42 Å². The van der Waals surface area contributed by atoms with Crippen LogP contribution in [0.5, 0.6) is 0 Å². The van der Waals surface area contributed by atoms with E-state index in [1.165, 1.54) is 17.0 Å². The average molecular weight is 313 g/mol. The lowest BCUT2D eigenvalue weighted by molar-refractivity contribution is -0.123. The van der Waals surface area contributed by atoms with Crippen LogP contribution in [-0.2, 0) is 11.2 Å². The Hall–Kier alpha value is -2.76. The summed E-state index contributed by atoms with van der Waals surface area (Å²) >= 11 is 0. The summed E-state index contributed by atoms with van der Waals surface area (Å²) in [6, 6.07) is 9.55. The van der Waals surface area contributed by atoms with Gasteiger partial charge in [-0.1, -0.05) is 12.1 Å². The number of halogens is 1. The van der Waals surface area contributed by atoms with Crippen molar-refractivity contribution in [2.75, 3.05) is 19.6 Å². The first-order valence-corrected chi connectivity index (χ1v) is 7.37. The van der Waals surface area contributed by atoms with E-state index in [4.69, 9.17) is 0 Å². The molecule has 3 rings (SSSR count). The Balaban J connectivity index is 1.75. The number of rotatable bonds is 3. The maximum Gasteiger partial charge on any atom is 0.254 e. The van der Waals surface area contributed by atoms with Gasteiger partial charge in [-0.15, -0.1) is 0 Å². The van der Waals surface area contributed by atoms with Crippen molar-refractivity contribution < 1.29 is 14.0 Å². The van der Waals surface area contributed by atoms with E-state index >= 15 is 0 Å². The number of aromatic nitrogens is 1. The zero-order valence-corrected chi connectivity index (χ0v) is 12.5. The van der Waals surface area contributed by atoms with Gasteiger partial charge in [-0.25, -0.2) is 4.39 Å². The molecule has 0 saturated carbocycles. The van der Waals surface area contributed by atoms with Crippen LogP contribution in [0.15, 0.2) is 42.6 Å². The van der Waals surface area contributed by atoms with Crippen molar-refractivity contribution in [3.63, 3.8) is 0 Å². The van der Waals surface area contributed by atoms with E-state index in [1.54, 1.807) is 30.5 Å². The van der Waals surface area contributed by atoms with Crippen LogP contribution in [0.1, 0.15) is 21.6 Å². The Morgan fingerprint density at radius 2 is 2.04 bits per heavy atom. The lowest BCUT2D eigenvalue weighted by atomic mass is 10.1. The largest absolute Gasteiger partial charge is 0.353 e.